The minimum Gasteiger partial charge on any atom is -0.381 e. The monoisotopic (exact) mass is 275 g/mol. The summed E-state index contributed by atoms with van der Waals surface area (Å²) in [5, 5.41) is 2.93. The maximum absolute atomic E-state index is 11.6. The molecule has 0 aliphatic carbocycles. The number of unbranched alkanes of at least 4 members (excludes halogenated alkanes) is 3. The fourth-order valence-corrected chi connectivity index (χ4v) is 2.06. The summed E-state index contributed by atoms with van der Waals surface area (Å²) in [6.45, 7) is 2.39. The van der Waals surface area contributed by atoms with Gasteiger partial charge in [-0.25, -0.2) is 0 Å². The van der Waals surface area contributed by atoms with Gasteiger partial charge in [0.15, 0.2) is 0 Å². The Hall–Kier alpha value is -1.53. The van der Waals surface area contributed by atoms with E-state index in [2.05, 4.69) is 17.3 Å². The lowest BCUT2D eigenvalue weighted by molar-refractivity contribution is -0.116. The minimum atomic E-state index is -0.0199. The lowest BCUT2D eigenvalue weighted by atomic mass is 10.0. The molecule has 0 unspecified atom stereocenters. The molecular formula is C17H25NO2. The first-order chi connectivity index (χ1) is 9.83. The van der Waals surface area contributed by atoms with Gasteiger partial charge in [-0.1, -0.05) is 18.2 Å². The van der Waals surface area contributed by atoms with E-state index in [1.165, 1.54) is 0 Å². The highest BCUT2D eigenvalue weighted by atomic mass is 16.5. The number of carbonyl (C=O) groups excluding carboxylic acids is 1. The zero-order valence-electron chi connectivity index (χ0n) is 12.1. The van der Waals surface area contributed by atoms with Crippen molar-refractivity contribution >= 4 is 5.91 Å². The molecule has 0 atom stereocenters. The number of hydrogen-bond acceptors (Lipinski definition) is 2. The van der Waals surface area contributed by atoms with Crippen molar-refractivity contribution in [1.29, 1.82) is 0 Å². The summed E-state index contributed by atoms with van der Waals surface area (Å²) >= 11 is 0. The second-order valence-corrected chi connectivity index (χ2v) is 5.04. The third-order valence-corrected chi connectivity index (χ3v) is 3.34. The predicted octanol–water partition coefficient (Wildman–Crippen LogP) is 2.84. The molecule has 0 bridgehead atoms. The molecule has 3 nitrogen and oxygen atoms in total. The van der Waals surface area contributed by atoms with Gasteiger partial charge in [-0.2, -0.15) is 0 Å². The molecule has 110 valence electrons. The summed E-state index contributed by atoms with van der Waals surface area (Å²) in [7, 11) is 0. The largest absolute Gasteiger partial charge is 0.381 e. The van der Waals surface area contributed by atoms with Crippen LogP contribution in [0.3, 0.4) is 0 Å². The number of hydrogen-bond donors (Lipinski definition) is 1. The molecule has 0 aromatic heterocycles. The van der Waals surface area contributed by atoms with E-state index in [4.69, 9.17) is 11.2 Å². The van der Waals surface area contributed by atoms with Gasteiger partial charge in [-0.3, -0.25) is 4.79 Å². The molecule has 1 amide bonds. The van der Waals surface area contributed by atoms with E-state index in [0.717, 1.165) is 58.3 Å². The van der Waals surface area contributed by atoms with Gasteiger partial charge in [0.05, 0.1) is 0 Å². The van der Waals surface area contributed by atoms with E-state index >= 15 is 0 Å². The van der Waals surface area contributed by atoms with E-state index in [1.807, 2.05) is 6.08 Å². The number of carbonyl (C=O) groups is 1. The molecule has 3 heteroatoms. The van der Waals surface area contributed by atoms with Gasteiger partial charge in [0.2, 0.25) is 5.91 Å². The Balaban J connectivity index is 2.04. The summed E-state index contributed by atoms with van der Waals surface area (Å²) in [6.07, 6.45) is 18.6. The lowest BCUT2D eigenvalue weighted by Gasteiger charge is -2.21. The molecule has 0 aromatic carbocycles. The molecular weight excluding hydrogens is 250 g/mol. The summed E-state index contributed by atoms with van der Waals surface area (Å²) in [4.78, 5) is 11.6. The molecule has 1 fully saturated rings. The minimum absolute atomic E-state index is 0.0199. The van der Waals surface area contributed by atoms with Crippen molar-refractivity contribution < 1.29 is 9.53 Å². The Kier molecular flexibility index (Phi) is 9.34. The molecule has 1 saturated heterocycles. The average molecular weight is 275 g/mol. The number of ether oxygens (including phenoxy) is 1. The topological polar surface area (TPSA) is 38.3 Å². The van der Waals surface area contributed by atoms with Crippen LogP contribution in [0.4, 0.5) is 0 Å². The molecule has 1 aliphatic rings. The molecule has 1 rings (SSSR count). The molecule has 0 saturated carbocycles. The van der Waals surface area contributed by atoms with Crippen molar-refractivity contribution in [2.75, 3.05) is 19.8 Å². The zero-order chi connectivity index (χ0) is 14.5. The van der Waals surface area contributed by atoms with E-state index in [0.29, 0.717) is 5.92 Å². The summed E-state index contributed by atoms with van der Waals surface area (Å²) in [5.41, 5.74) is 0. The molecule has 0 aromatic rings. The van der Waals surface area contributed by atoms with Crippen LogP contribution in [0, 0.1) is 18.3 Å². The van der Waals surface area contributed by atoms with Gasteiger partial charge in [0.25, 0.3) is 0 Å². The molecule has 1 heterocycles. The van der Waals surface area contributed by atoms with E-state index in [-0.39, 0.29) is 5.91 Å². The second kappa shape index (κ2) is 11.3. The highest BCUT2D eigenvalue weighted by Gasteiger charge is 2.13. The Bertz CT molecular complexity index is 360. The fourth-order valence-electron chi connectivity index (χ4n) is 2.06. The summed E-state index contributed by atoms with van der Waals surface area (Å²) in [6, 6.07) is 0. The third kappa shape index (κ3) is 8.55. The van der Waals surface area contributed by atoms with Gasteiger partial charge in [0.1, 0.15) is 0 Å². The number of terminal acetylenes is 1. The van der Waals surface area contributed by atoms with Crippen molar-refractivity contribution in [3.8, 4) is 12.3 Å². The van der Waals surface area contributed by atoms with Crippen molar-refractivity contribution in [3.05, 3.63) is 24.3 Å². The quantitative estimate of drug-likeness (QED) is 0.320. The summed E-state index contributed by atoms with van der Waals surface area (Å²) in [5.74, 6) is 3.17. The highest BCUT2D eigenvalue weighted by molar-refractivity contribution is 5.87. The molecule has 20 heavy (non-hydrogen) atoms. The number of allylic oxidation sites excluding steroid dienone is 3. The van der Waals surface area contributed by atoms with Crippen LogP contribution in [0.2, 0.25) is 0 Å². The summed E-state index contributed by atoms with van der Waals surface area (Å²) < 4.78 is 5.29. The SMILES string of the molecule is C#CCCCC/C=C/C=C/C(=O)NCC1CCOCC1. The Labute approximate surface area is 122 Å². The van der Waals surface area contributed by atoms with Gasteiger partial charge in [-0.05, 0) is 38.0 Å². The number of rotatable bonds is 8. The maximum atomic E-state index is 11.6. The Morgan fingerprint density at radius 2 is 2.10 bits per heavy atom. The third-order valence-electron chi connectivity index (χ3n) is 3.34. The lowest BCUT2D eigenvalue weighted by Crippen LogP contribution is -2.31. The zero-order valence-corrected chi connectivity index (χ0v) is 12.1. The average Bonchev–Trinajstić information content (AvgIpc) is 2.49. The number of nitrogens with one attached hydrogen (secondary N) is 1. The van der Waals surface area contributed by atoms with Crippen molar-refractivity contribution in [2.45, 2.75) is 38.5 Å². The Morgan fingerprint density at radius 3 is 2.85 bits per heavy atom. The normalized spacial score (nSPS) is 16.6. The molecule has 0 spiro atoms. The van der Waals surface area contributed by atoms with Crippen LogP contribution in [0.15, 0.2) is 24.3 Å². The fraction of sp³-hybridized carbons (Fsp3) is 0.588. The standard InChI is InChI=1S/C17H25NO2/c1-2-3-4-5-6-7-8-9-10-17(19)18-15-16-11-13-20-14-12-16/h1,7-10,16H,3-6,11-15H2,(H,18,19)/b8-7+,10-9+. The molecule has 0 radical (unpaired) electrons. The first-order valence-corrected chi connectivity index (χ1v) is 7.45. The molecule has 1 aliphatic heterocycles. The van der Waals surface area contributed by atoms with E-state index in [1.54, 1.807) is 12.2 Å². The van der Waals surface area contributed by atoms with E-state index < -0.39 is 0 Å². The van der Waals surface area contributed by atoms with Crippen molar-refractivity contribution in [1.82, 2.24) is 5.32 Å². The van der Waals surface area contributed by atoms with Crippen LogP contribution in [0.1, 0.15) is 38.5 Å². The van der Waals surface area contributed by atoms with Gasteiger partial charge < -0.3 is 10.1 Å². The van der Waals surface area contributed by atoms with Crippen LogP contribution < -0.4 is 5.32 Å². The highest BCUT2D eigenvalue weighted by Crippen LogP contribution is 2.12. The first kappa shape index (κ1) is 16.5. The van der Waals surface area contributed by atoms with Crippen LogP contribution in [0.5, 0.6) is 0 Å². The molecule has 1 N–H and O–H groups in total. The smallest absolute Gasteiger partial charge is 0.243 e. The number of amides is 1. The Morgan fingerprint density at radius 1 is 1.30 bits per heavy atom. The first-order valence-electron chi connectivity index (χ1n) is 7.45. The van der Waals surface area contributed by atoms with Crippen LogP contribution >= 0.6 is 0 Å². The van der Waals surface area contributed by atoms with Crippen LogP contribution in [-0.4, -0.2) is 25.7 Å². The van der Waals surface area contributed by atoms with Crippen molar-refractivity contribution in [2.24, 2.45) is 5.92 Å². The predicted molar refractivity (Wildman–Crippen MR) is 82.1 cm³/mol. The van der Waals surface area contributed by atoms with Gasteiger partial charge in [0, 0.05) is 32.3 Å². The maximum Gasteiger partial charge on any atom is 0.243 e. The van der Waals surface area contributed by atoms with E-state index in [9.17, 15) is 4.79 Å². The van der Waals surface area contributed by atoms with Crippen LogP contribution in [0.25, 0.3) is 0 Å². The second-order valence-electron chi connectivity index (χ2n) is 5.04. The van der Waals surface area contributed by atoms with Crippen LogP contribution in [-0.2, 0) is 9.53 Å². The van der Waals surface area contributed by atoms with Crippen molar-refractivity contribution in [3.63, 3.8) is 0 Å². The van der Waals surface area contributed by atoms with Gasteiger partial charge in [-0.15, -0.1) is 12.3 Å². The van der Waals surface area contributed by atoms with Gasteiger partial charge >= 0.3 is 0 Å².